The lowest BCUT2D eigenvalue weighted by molar-refractivity contribution is -0.138. The van der Waals surface area contributed by atoms with E-state index in [9.17, 15) is 17.6 Å². The highest BCUT2D eigenvalue weighted by atomic mass is 35.5. The lowest BCUT2D eigenvalue weighted by atomic mass is 9.98. The van der Waals surface area contributed by atoms with Gasteiger partial charge in [-0.3, -0.25) is 0 Å². The summed E-state index contributed by atoms with van der Waals surface area (Å²) in [5.74, 6) is -0.284. The monoisotopic (exact) mass is 360 g/mol. The van der Waals surface area contributed by atoms with E-state index in [1.807, 2.05) is 0 Å². The van der Waals surface area contributed by atoms with Crippen LogP contribution in [0.3, 0.4) is 0 Å². The molecule has 0 bridgehead atoms. The third kappa shape index (κ3) is 3.10. The van der Waals surface area contributed by atoms with Crippen LogP contribution in [-0.2, 0) is 6.18 Å². The second-order valence-corrected chi connectivity index (χ2v) is 5.81. The van der Waals surface area contributed by atoms with E-state index in [2.05, 4.69) is 15.5 Å². The van der Waals surface area contributed by atoms with Gasteiger partial charge in [-0.15, -0.1) is 10.2 Å². The Morgan fingerprint density at radius 1 is 1.25 bits per heavy atom. The van der Waals surface area contributed by atoms with Crippen LogP contribution in [0.5, 0.6) is 0 Å². The number of rotatable bonds is 2. The van der Waals surface area contributed by atoms with Gasteiger partial charge in [0.15, 0.2) is 11.0 Å². The van der Waals surface area contributed by atoms with Crippen LogP contribution in [0.4, 0.5) is 29.1 Å². The number of halogens is 5. The zero-order valence-electron chi connectivity index (χ0n) is 12.5. The maximum Gasteiger partial charge on any atom is 0.416 e. The molecule has 1 atom stereocenters. The van der Waals surface area contributed by atoms with Gasteiger partial charge in [0.1, 0.15) is 5.82 Å². The molecule has 0 unspecified atom stereocenters. The molecule has 0 saturated carbocycles. The minimum atomic E-state index is -4.57. The van der Waals surface area contributed by atoms with Crippen LogP contribution in [0.1, 0.15) is 24.1 Å². The maximum absolute atomic E-state index is 13.6. The van der Waals surface area contributed by atoms with Crippen LogP contribution in [-0.4, -0.2) is 23.3 Å². The van der Waals surface area contributed by atoms with Gasteiger partial charge in [0.25, 0.3) is 0 Å². The molecular formula is C15H13ClF4N4. The first-order valence-electron chi connectivity index (χ1n) is 7.18. The Labute approximate surface area is 140 Å². The summed E-state index contributed by atoms with van der Waals surface area (Å²) >= 11 is 5.85. The molecule has 1 aromatic carbocycles. The number of hydrogen-bond acceptors (Lipinski definition) is 4. The standard InChI is InChI=1S/C15H13ClF4N4/c1-8(10-6-9(17)2-3-11(10)15(18,19)20)24-5-4-21-14-12(24)7-13(16)22-23-14/h2-3,6-8H,4-5H2,1H3,(H,21,23)/t8-/m1/s1. The molecule has 0 spiro atoms. The summed E-state index contributed by atoms with van der Waals surface area (Å²) in [4.78, 5) is 1.70. The lowest BCUT2D eigenvalue weighted by Gasteiger charge is -2.36. The molecule has 4 nitrogen and oxygen atoms in total. The topological polar surface area (TPSA) is 41.0 Å². The molecule has 2 aromatic rings. The zero-order valence-corrected chi connectivity index (χ0v) is 13.3. The summed E-state index contributed by atoms with van der Waals surface area (Å²) in [5.41, 5.74) is -0.459. The smallest absolute Gasteiger partial charge is 0.365 e. The summed E-state index contributed by atoms with van der Waals surface area (Å²) in [5, 5.41) is 10.8. The molecule has 3 rings (SSSR count). The molecule has 0 saturated heterocycles. The van der Waals surface area contributed by atoms with Crippen molar-refractivity contribution in [3.63, 3.8) is 0 Å². The molecule has 0 radical (unpaired) electrons. The summed E-state index contributed by atoms with van der Waals surface area (Å²) in [6.45, 7) is 2.49. The van der Waals surface area contributed by atoms with E-state index in [-0.39, 0.29) is 10.7 Å². The summed E-state index contributed by atoms with van der Waals surface area (Å²) in [6, 6.07) is 3.30. The Balaban J connectivity index is 2.07. The van der Waals surface area contributed by atoms with E-state index < -0.39 is 23.6 Å². The molecule has 128 valence electrons. The average molecular weight is 361 g/mol. The van der Waals surface area contributed by atoms with Crippen LogP contribution in [0, 0.1) is 5.82 Å². The van der Waals surface area contributed by atoms with Crippen molar-refractivity contribution in [2.24, 2.45) is 0 Å². The van der Waals surface area contributed by atoms with Gasteiger partial charge in [-0.05, 0) is 30.7 Å². The minimum absolute atomic E-state index is 0.130. The van der Waals surface area contributed by atoms with Gasteiger partial charge >= 0.3 is 6.18 Å². The van der Waals surface area contributed by atoms with E-state index in [4.69, 9.17) is 11.6 Å². The van der Waals surface area contributed by atoms with Gasteiger partial charge in [0, 0.05) is 19.2 Å². The Morgan fingerprint density at radius 2 is 2.00 bits per heavy atom. The van der Waals surface area contributed by atoms with Crippen LogP contribution < -0.4 is 10.2 Å². The number of nitrogens with zero attached hydrogens (tertiary/aromatic N) is 3. The van der Waals surface area contributed by atoms with Crippen molar-refractivity contribution in [2.75, 3.05) is 23.3 Å². The minimum Gasteiger partial charge on any atom is -0.365 e. The van der Waals surface area contributed by atoms with Gasteiger partial charge in [-0.25, -0.2) is 4.39 Å². The first-order chi connectivity index (χ1) is 11.3. The summed E-state index contributed by atoms with van der Waals surface area (Å²) in [6.07, 6.45) is -4.57. The van der Waals surface area contributed by atoms with Crippen molar-refractivity contribution >= 4 is 23.1 Å². The molecule has 0 amide bonds. The van der Waals surface area contributed by atoms with Crippen LogP contribution in [0.15, 0.2) is 24.3 Å². The molecule has 1 aliphatic heterocycles. The third-order valence-electron chi connectivity index (χ3n) is 3.94. The first kappa shape index (κ1) is 16.8. The molecular weight excluding hydrogens is 348 g/mol. The van der Waals surface area contributed by atoms with Crippen molar-refractivity contribution in [3.8, 4) is 0 Å². The van der Waals surface area contributed by atoms with E-state index in [0.717, 1.165) is 18.2 Å². The molecule has 2 heterocycles. The van der Waals surface area contributed by atoms with Crippen molar-refractivity contribution in [1.29, 1.82) is 0 Å². The highest BCUT2D eigenvalue weighted by Gasteiger charge is 2.36. The molecule has 24 heavy (non-hydrogen) atoms. The summed E-state index contributed by atoms with van der Waals surface area (Å²) < 4.78 is 53.4. The van der Waals surface area contributed by atoms with Crippen LogP contribution in [0.2, 0.25) is 5.15 Å². The number of fused-ring (bicyclic) bond motifs is 1. The van der Waals surface area contributed by atoms with E-state index >= 15 is 0 Å². The van der Waals surface area contributed by atoms with Crippen LogP contribution in [0.25, 0.3) is 0 Å². The fraction of sp³-hybridized carbons (Fsp3) is 0.333. The quantitative estimate of drug-likeness (QED) is 0.812. The van der Waals surface area contributed by atoms with Gasteiger partial charge in [-0.1, -0.05) is 11.6 Å². The Kier molecular flexibility index (Phi) is 4.25. The predicted octanol–water partition coefficient (Wildman–Crippen LogP) is 4.28. The number of benzene rings is 1. The number of anilines is 2. The fourth-order valence-electron chi connectivity index (χ4n) is 2.83. The highest BCUT2D eigenvalue weighted by molar-refractivity contribution is 6.29. The van der Waals surface area contributed by atoms with Gasteiger partial charge in [0.05, 0.1) is 17.3 Å². The fourth-order valence-corrected chi connectivity index (χ4v) is 2.97. The second-order valence-electron chi connectivity index (χ2n) is 5.43. The largest absolute Gasteiger partial charge is 0.416 e. The van der Waals surface area contributed by atoms with E-state index in [1.54, 1.807) is 11.8 Å². The first-order valence-corrected chi connectivity index (χ1v) is 7.55. The van der Waals surface area contributed by atoms with Gasteiger partial charge < -0.3 is 10.2 Å². The van der Waals surface area contributed by atoms with Crippen molar-refractivity contribution in [2.45, 2.75) is 19.1 Å². The third-order valence-corrected chi connectivity index (χ3v) is 4.12. The van der Waals surface area contributed by atoms with Gasteiger partial charge in [-0.2, -0.15) is 13.2 Å². The van der Waals surface area contributed by atoms with Crippen molar-refractivity contribution < 1.29 is 17.6 Å². The van der Waals surface area contributed by atoms with E-state index in [0.29, 0.717) is 24.6 Å². The second kappa shape index (κ2) is 6.08. The summed E-state index contributed by atoms with van der Waals surface area (Å²) in [7, 11) is 0. The zero-order chi connectivity index (χ0) is 17.5. The Hall–Kier alpha value is -2.09. The lowest BCUT2D eigenvalue weighted by Crippen LogP contribution is -2.37. The van der Waals surface area contributed by atoms with Crippen LogP contribution >= 0.6 is 11.6 Å². The Bertz CT molecular complexity index is 766. The number of aromatic nitrogens is 2. The molecule has 1 aromatic heterocycles. The molecule has 1 aliphatic rings. The van der Waals surface area contributed by atoms with Crippen molar-refractivity contribution in [3.05, 3.63) is 46.4 Å². The number of nitrogens with one attached hydrogen (secondary N) is 1. The van der Waals surface area contributed by atoms with Crippen molar-refractivity contribution in [1.82, 2.24) is 10.2 Å². The molecule has 1 N–H and O–H groups in total. The van der Waals surface area contributed by atoms with E-state index in [1.165, 1.54) is 6.07 Å². The molecule has 0 aliphatic carbocycles. The van der Waals surface area contributed by atoms with Gasteiger partial charge in [0.2, 0.25) is 0 Å². The maximum atomic E-state index is 13.6. The SMILES string of the molecule is C[C@H](c1cc(F)ccc1C(F)(F)F)N1CCNc2nnc(Cl)cc21. The highest BCUT2D eigenvalue weighted by Crippen LogP contribution is 2.40. The average Bonchev–Trinajstić information content (AvgIpc) is 2.52. The molecule has 0 fully saturated rings. The normalized spacial score (nSPS) is 15.7. The number of hydrogen-bond donors (Lipinski definition) is 1. The number of alkyl halides is 3. The predicted molar refractivity (Wildman–Crippen MR) is 82.7 cm³/mol. The molecule has 9 heteroatoms. The Morgan fingerprint density at radius 3 is 2.71 bits per heavy atom.